The molecule has 8 saturated carbocycles. The van der Waals surface area contributed by atoms with Crippen molar-refractivity contribution in [1.82, 2.24) is 9.80 Å². The average molecular weight is 685 g/mol. The summed E-state index contributed by atoms with van der Waals surface area (Å²) >= 11 is 0. The molecule has 11 unspecified atom stereocenters. The molecule has 2 heterocycles. The number of hydrogen-bond acceptors (Lipinski definition) is 2. The standard InChI is InChI=1S/C48H80N2/c1-4-13-33(14-5-1)36-23-26-39(27-24-36)49-43-22-11-10-21-41(43)47-44(49)29-30-45-48(47)42-28-25-38(35-17-8-3-9-18-35)32-46(42)50(45)40-20-12-19-37(31-40)34-15-6-2-7-16-34/h33-48H,1-32H2. The van der Waals surface area contributed by atoms with E-state index in [0.717, 1.165) is 95.4 Å². The van der Waals surface area contributed by atoms with Crippen LogP contribution < -0.4 is 0 Å². The van der Waals surface area contributed by atoms with E-state index in [4.69, 9.17) is 0 Å². The maximum Gasteiger partial charge on any atom is 0.0137 e. The maximum atomic E-state index is 3.48. The maximum absolute atomic E-state index is 3.48. The van der Waals surface area contributed by atoms with Crippen LogP contribution in [-0.2, 0) is 0 Å². The average Bonchev–Trinajstić information content (AvgIpc) is 3.71. The van der Waals surface area contributed by atoms with Crippen molar-refractivity contribution >= 4 is 0 Å². The predicted octanol–water partition coefficient (Wildman–Crippen LogP) is 12.6. The van der Waals surface area contributed by atoms with E-state index >= 15 is 0 Å². The topological polar surface area (TPSA) is 6.48 Å². The second kappa shape index (κ2) is 15.2. The minimum atomic E-state index is 0.939. The molecule has 10 rings (SSSR count). The monoisotopic (exact) mass is 685 g/mol. The first-order valence-electron chi connectivity index (χ1n) is 24.4. The van der Waals surface area contributed by atoms with E-state index in [0.29, 0.717) is 0 Å². The number of fused-ring (bicyclic) bond motifs is 7. The number of likely N-dealkylation sites (tertiary alicyclic amines) is 2. The highest BCUT2D eigenvalue weighted by atomic mass is 15.3. The first kappa shape index (κ1) is 34.4. The summed E-state index contributed by atoms with van der Waals surface area (Å²) in [6, 6.07) is 5.72. The summed E-state index contributed by atoms with van der Waals surface area (Å²) in [5.74, 6) is 10.7. The summed E-state index contributed by atoms with van der Waals surface area (Å²) < 4.78 is 0. The molecule has 0 aromatic carbocycles. The molecule has 0 amide bonds. The van der Waals surface area contributed by atoms with Gasteiger partial charge in [-0.05, 0) is 143 Å². The molecule has 2 saturated heterocycles. The summed E-state index contributed by atoms with van der Waals surface area (Å²) in [7, 11) is 0. The van der Waals surface area contributed by atoms with E-state index < -0.39 is 0 Å². The Bertz CT molecular complexity index is 1090. The molecule has 10 aliphatic rings. The van der Waals surface area contributed by atoms with Gasteiger partial charge in [-0.1, -0.05) is 122 Å². The van der Waals surface area contributed by atoms with Gasteiger partial charge in [0.05, 0.1) is 0 Å². The van der Waals surface area contributed by atoms with E-state index in [1.165, 1.54) is 38.5 Å². The van der Waals surface area contributed by atoms with Gasteiger partial charge in [-0.3, -0.25) is 9.80 Å². The zero-order valence-electron chi connectivity index (χ0n) is 32.8. The number of rotatable bonds is 5. The van der Waals surface area contributed by atoms with E-state index in [1.54, 1.807) is 167 Å². The fourth-order valence-corrected chi connectivity index (χ4v) is 17.6. The van der Waals surface area contributed by atoms with Gasteiger partial charge < -0.3 is 0 Å². The van der Waals surface area contributed by atoms with Crippen molar-refractivity contribution in [3.63, 3.8) is 0 Å². The predicted molar refractivity (Wildman–Crippen MR) is 209 cm³/mol. The quantitative estimate of drug-likeness (QED) is 0.284. The van der Waals surface area contributed by atoms with Crippen LogP contribution in [-0.4, -0.2) is 46.1 Å². The third-order valence-corrected chi connectivity index (χ3v) is 19.5. The normalized spacial score (nSPS) is 48.8. The summed E-state index contributed by atoms with van der Waals surface area (Å²) in [4.78, 5) is 6.87. The molecule has 0 aromatic rings. The summed E-state index contributed by atoms with van der Waals surface area (Å²) in [5.41, 5.74) is 0. The molecule has 0 aromatic heterocycles. The van der Waals surface area contributed by atoms with Crippen molar-refractivity contribution in [2.24, 2.45) is 59.2 Å². The first-order chi connectivity index (χ1) is 24.8. The summed E-state index contributed by atoms with van der Waals surface area (Å²) in [6.07, 6.45) is 50.1. The van der Waals surface area contributed by atoms with Crippen LogP contribution in [0.5, 0.6) is 0 Å². The van der Waals surface area contributed by atoms with Crippen molar-refractivity contribution in [2.45, 2.75) is 242 Å². The van der Waals surface area contributed by atoms with Crippen molar-refractivity contribution in [3.8, 4) is 0 Å². The highest BCUT2D eigenvalue weighted by Gasteiger charge is 2.64. The van der Waals surface area contributed by atoms with Gasteiger partial charge in [0.15, 0.2) is 0 Å². The van der Waals surface area contributed by atoms with E-state index in [-0.39, 0.29) is 0 Å². The second-order valence-electron chi connectivity index (χ2n) is 21.4. The Morgan fingerprint density at radius 1 is 0.240 bits per heavy atom. The van der Waals surface area contributed by atoms with Gasteiger partial charge in [-0.2, -0.15) is 0 Å². The molecule has 2 nitrogen and oxygen atoms in total. The van der Waals surface area contributed by atoms with Gasteiger partial charge >= 0.3 is 0 Å². The SMILES string of the molecule is C1CCC(C2CCC(N3C4CCCCC4C4C5C6CCC(C7CCCCC7)CC6N(C6CCCC(C7CCCCC7)C6)C5CCC43)CC2)CC1. The molecule has 11 atom stereocenters. The lowest BCUT2D eigenvalue weighted by Gasteiger charge is -2.49. The number of nitrogens with zero attached hydrogens (tertiary/aromatic N) is 2. The molecular formula is C48H80N2. The summed E-state index contributed by atoms with van der Waals surface area (Å²) in [6.45, 7) is 0. The minimum absolute atomic E-state index is 0.939. The fourth-order valence-electron chi connectivity index (χ4n) is 17.6. The van der Waals surface area contributed by atoms with Crippen molar-refractivity contribution in [1.29, 1.82) is 0 Å². The Labute approximate surface area is 309 Å². The van der Waals surface area contributed by atoms with Crippen LogP contribution in [0.2, 0.25) is 0 Å². The molecule has 10 fully saturated rings. The zero-order valence-corrected chi connectivity index (χ0v) is 32.8. The molecule has 8 aliphatic carbocycles. The Kier molecular flexibility index (Phi) is 10.5. The van der Waals surface area contributed by atoms with E-state index in [9.17, 15) is 0 Å². The Balaban J connectivity index is 0.919. The van der Waals surface area contributed by atoms with Crippen LogP contribution in [0.4, 0.5) is 0 Å². The molecule has 50 heavy (non-hydrogen) atoms. The van der Waals surface area contributed by atoms with Crippen LogP contribution in [0.25, 0.3) is 0 Å². The van der Waals surface area contributed by atoms with Gasteiger partial charge in [-0.25, -0.2) is 0 Å². The van der Waals surface area contributed by atoms with Crippen molar-refractivity contribution in [3.05, 3.63) is 0 Å². The van der Waals surface area contributed by atoms with Crippen LogP contribution in [0.3, 0.4) is 0 Å². The Morgan fingerprint density at radius 3 is 1.34 bits per heavy atom. The van der Waals surface area contributed by atoms with Crippen LogP contribution in [0.1, 0.15) is 205 Å². The largest absolute Gasteiger partial charge is 0.294 e. The Morgan fingerprint density at radius 2 is 0.700 bits per heavy atom. The van der Waals surface area contributed by atoms with Crippen molar-refractivity contribution < 1.29 is 0 Å². The van der Waals surface area contributed by atoms with Gasteiger partial charge in [0.1, 0.15) is 0 Å². The molecular weight excluding hydrogens is 605 g/mol. The van der Waals surface area contributed by atoms with Gasteiger partial charge in [0, 0.05) is 36.3 Å². The van der Waals surface area contributed by atoms with Gasteiger partial charge in [-0.15, -0.1) is 0 Å². The number of hydrogen-bond donors (Lipinski definition) is 0. The Hall–Kier alpha value is -0.0800. The van der Waals surface area contributed by atoms with E-state index in [2.05, 4.69) is 9.80 Å². The third-order valence-electron chi connectivity index (χ3n) is 19.5. The van der Waals surface area contributed by atoms with Crippen molar-refractivity contribution in [2.75, 3.05) is 0 Å². The van der Waals surface area contributed by atoms with Crippen LogP contribution in [0.15, 0.2) is 0 Å². The first-order valence-corrected chi connectivity index (χ1v) is 24.4. The molecule has 2 aliphatic heterocycles. The lowest BCUT2D eigenvalue weighted by molar-refractivity contribution is 0.00320. The van der Waals surface area contributed by atoms with E-state index in [1.807, 2.05) is 0 Å². The third kappa shape index (κ3) is 6.35. The van der Waals surface area contributed by atoms with Crippen LogP contribution >= 0.6 is 0 Å². The molecule has 0 spiro atoms. The second-order valence-corrected chi connectivity index (χ2v) is 21.4. The lowest BCUT2D eigenvalue weighted by Crippen LogP contribution is -2.53. The fraction of sp³-hybridized carbons (Fsp3) is 1.00. The molecule has 282 valence electrons. The molecule has 0 N–H and O–H groups in total. The molecule has 0 bridgehead atoms. The molecule has 2 heteroatoms. The highest BCUT2D eigenvalue weighted by Crippen LogP contribution is 2.62. The lowest BCUT2D eigenvalue weighted by atomic mass is 9.60. The summed E-state index contributed by atoms with van der Waals surface area (Å²) in [5, 5.41) is 0. The highest BCUT2D eigenvalue weighted by molar-refractivity contribution is 5.17. The smallest absolute Gasteiger partial charge is 0.0137 e. The minimum Gasteiger partial charge on any atom is -0.294 e. The zero-order chi connectivity index (χ0) is 33.0. The molecule has 0 radical (unpaired) electrons. The van der Waals surface area contributed by atoms with Crippen LogP contribution in [0, 0.1) is 59.2 Å². The van der Waals surface area contributed by atoms with Gasteiger partial charge in [0.2, 0.25) is 0 Å². The van der Waals surface area contributed by atoms with Gasteiger partial charge in [0.25, 0.3) is 0 Å².